The number of benzene rings is 1. The van der Waals surface area contributed by atoms with E-state index in [0.717, 1.165) is 38.4 Å². The molecule has 186 valence electrons. The van der Waals surface area contributed by atoms with Gasteiger partial charge in [0.25, 0.3) is 0 Å². The summed E-state index contributed by atoms with van der Waals surface area (Å²) in [6.07, 6.45) is 10.3. The van der Waals surface area contributed by atoms with Crippen LogP contribution in [0.2, 0.25) is 0 Å². The summed E-state index contributed by atoms with van der Waals surface area (Å²) in [7, 11) is 1.00. The van der Waals surface area contributed by atoms with Gasteiger partial charge in [0.2, 0.25) is 5.91 Å². The molecule has 1 amide bonds. The van der Waals surface area contributed by atoms with Crippen molar-refractivity contribution in [3.05, 3.63) is 66.5 Å². The van der Waals surface area contributed by atoms with Crippen LogP contribution in [0.4, 0.5) is 0 Å². The summed E-state index contributed by atoms with van der Waals surface area (Å²) in [4.78, 5) is 22.1. The van der Waals surface area contributed by atoms with E-state index in [2.05, 4.69) is 18.1 Å². The smallest absolute Gasteiger partial charge is 0.217 e. The molecule has 1 aliphatic rings. The third kappa shape index (κ3) is 20.7. The topological polar surface area (TPSA) is 124 Å². The van der Waals surface area contributed by atoms with E-state index >= 15 is 0 Å². The number of hydrogen-bond acceptors (Lipinski definition) is 6. The number of nitrogens with zero attached hydrogens (tertiary/aromatic N) is 1. The Bertz CT molecular complexity index is 672. The number of primary amides is 1. The highest BCUT2D eigenvalue weighted by molar-refractivity contribution is 5.73. The number of phenolic OH excluding ortho intramolecular Hbond substituents is 1. The first-order valence-electron chi connectivity index (χ1n) is 11.1. The van der Waals surface area contributed by atoms with Crippen molar-refractivity contribution < 1.29 is 24.9 Å². The Morgan fingerprint density at radius 3 is 2.12 bits per heavy atom. The number of allylic oxidation sites excluding steroid dienone is 3. The first kappa shape index (κ1) is 32.3. The minimum Gasteiger partial charge on any atom is -0.508 e. The summed E-state index contributed by atoms with van der Waals surface area (Å²) in [6.45, 7) is 12.8. The minimum atomic E-state index is -0.341. The SMILES string of the molecule is C=C/C=C(/CCCN1CCCC1)C(=C)O.CO.Cc1ccc(O)cc1.NC(=O)CCCC=O. The van der Waals surface area contributed by atoms with Gasteiger partial charge in [-0.3, -0.25) is 4.79 Å². The van der Waals surface area contributed by atoms with Crippen LogP contribution >= 0.6 is 0 Å². The second-order valence-corrected chi connectivity index (χ2v) is 7.39. The van der Waals surface area contributed by atoms with Crippen molar-refractivity contribution >= 4 is 12.2 Å². The summed E-state index contributed by atoms with van der Waals surface area (Å²) >= 11 is 0. The number of carbonyl (C=O) groups excluding carboxylic acids is 2. The molecular weight excluding hydrogens is 420 g/mol. The Morgan fingerprint density at radius 2 is 1.70 bits per heavy atom. The fourth-order valence-electron chi connectivity index (χ4n) is 2.87. The fourth-order valence-corrected chi connectivity index (χ4v) is 2.87. The van der Waals surface area contributed by atoms with E-state index in [9.17, 15) is 14.7 Å². The van der Waals surface area contributed by atoms with Gasteiger partial charge in [-0.1, -0.05) is 43.0 Å². The van der Waals surface area contributed by atoms with Crippen molar-refractivity contribution in [3.63, 3.8) is 0 Å². The van der Waals surface area contributed by atoms with Crippen molar-refractivity contribution in [1.29, 1.82) is 0 Å². The average molecular weight is 463 g/mol. The van der Waals surface area contributed by atoms with Crippen molar-refractivity contribution in [1.82, 2.24) is 4.90 Å². The lowest BCUT2D eigenvalue weighted by molar-refractivity contribution is -0.118. The predicted octanol–water partition coefficient (Wildman–Crippen LogP) is 4.20. The predicted molar refractivity (Wildman–Crippen MR) is 135 cm³/mol. The van der Waals surface area contributed by atoms with Crippen molar-refractivity contribution in [2.45, 2.75) is 51.9 Å². The van der Waals surface area contributed by atoms with Gasteiger partial charge in [0, 0.05) is 20.0 Å². The number of unbranched alkanes of at least 4 members (excludes halogenated alkanes) is 1. The molecule has 1 heterocycles. The number of carbonyl (C=O) groups is 2. The molecule has 7 heteroatoms. The van der Waals surface area contributed by atoms with Crippen LogP contribution in [-0.2, 0) is 9.59 Å². The molecule has 0 radical (unpaired) electrons. The van der Waals surface area contributed by atoms with Crippen LogP contribution in [-0.4, -0.2) is 59.2 Å². The summed E-state index contributed by atoms with van der Waals surface area (Å²) < 4.78 is 0. The number of aliphatic hydroxyl groups excluding tert-OH is 2. The maximum Gasteiger partial charge on any atom is 0.217 e. The maximum atomic E-state index is 9.98. The molecule has 0 spiro atoms. The molecule has 0 aromatic heterocycles. The Labute approximate surface area is 198 Å². The molecule has 7 nitrogen and oxygen atoms in total. The first-order valence-corrected chi connectivity index (χ1v) is 11.1. The lowest BCUT2D eigenvalue weighted by atomic mass is 10.1. The van der Waals surface area contributed by atoms with E-state index in [0.29, 0.717) is 25.0 Å². The number of aryl methyl sites for hydroxylation is 1. The third-order valence-corrected chi connectivity index (χ3v) is 4.59. The van der Waals surface area contributed by atoms with E-state index < -0.39 is 0 Å². The molecule has 0 bridgehead atoms. The van der Waals surface area contributed by atoms with Gasteiger partial charge in [-0.15, -0.1) is 0 Å². The highest BCUT2D eigenvalue weighted by Gasteiger charge is 2.10. The van der Waals surface area contributed by atoms with Gasteiger partial charge in [-0.25, -0.2) is 0 Å². The Hall–Kier alpha value is -2.90. The van der Waals surface area contributed by atoms with E-state index in [4.69, 9.17) is 15.9 Å². The Balaban J connectivity index is 0. The van der Waals surface area contributed by atoms with Crippen molar-refractivity contribution in [3.8, 4) is 5.75 Å². The number of nitrogens with two attached hydrogens (primary N) is 1. The normalized spacial score (nSPS) is 12.6. The molecule has 1 fully saturated rings. The van der Waals surface area contributed by atoms with E-state index in [1.165, 1.54) is 31.5 Å². The molecule has 1 aromatic rings. The van der Waals surface area contributed by atoms with Crippen LogP contribution in [0.15, 0.2) is 60.9 Å². The molecule has 33 heavy (non-hydrogen) atoms. The van der Waals surface area contributed by atoms with Gasteiger partial charge < -0.3 is 30.7 Å². The van der Waals surface area contributed by atoms with Gasteiger partial charge in [-0.05, 0) is 76.4 Å². The number of aromatic hydroxyl groups is 1. The number of aliphatic hydroxyl groups is 2. The molecule has 0 saturated carbocycles. The van der Waals surface area contributed by atoms with Crippen molar-refractivity contribution in [2.24, 2.45) is 5.73 Å². The maximum absolute atomic E-state index is 9.98. The number of amides is 1. The van der Waals surface area contributed by atoms with Gasteiger partial charge >= 0.3 is 0 Å². The van der Waals surface area contributed by atoms with Gasteiger partial charge in [0.1, 0.15) is 17.8 Å². The minimum absolute atomic E-state index is 0.177. The zero-order chi connectivity index (χ0) is 25.5. The Morgan fingerprint density at radius 1 is 1.12 bits per heavy atom. The number of likely N-dealkylation sites (tertiary alicyclic amines) is 1. The molecule has 5 N–H and O–H groups in total. The van der Waals surface area contributed by atoms with E-state index in [1.54, 1.807) is 18.2 Å². The summed E-state index contributed by atoms with van der Waals surface area (Å²) in [5.41, 5.74) is 6.85. The number of rotatable bonds is 10. The van der Waals surface area contributed by atoms with E-state index in [-0.39, 0.29) is 11.7 Å². The molecule has 0 aliphatic carbocycles. The second kappa shape index (κ2) is 22.3. The lowest BCUT2D eigenvalue weighted by Crippen LogP contribution is -2.20. The highest BCUT2D eigenvalue weighted by Crippen LogP contribution is 2.14. The monoisotopic (exact) mass is 462 g/mol. The molecular formula is C26H42N2O5. The number of hydrogen-bond donors (Lipinski definition) is 4. The summed E-state index contributed by atoms with van der Waals surface area (Å²) in [6, 6.07) is 7.09. The summed E-state index contributed by atoms with van der Waals surface area (Å²) in [5.74, 6) is 0.166. The fraction of sp³-hybridized carbons (Fsp3) is 0.462. The van der Waals surface area contributed by atoms with Crippen LogP contribution in [0.5, 0.6) is 5.75 Å². The molecule has 1 aromatic carbocycles. The van der Waals surface area contributed by atoms with Crippen LogP contribution in [0.25, 0.3) is 0 Å². The quantitative estimate of drug-likeness (QED) is 0.179. The van der Waals surface area contributed by atoms with Gasteiger partial charge in [-0.2, -0.15) is 0 Å². The highest BCUT2D eigenvalue weighted by atomic mass is 16.3. The van der Waals surface area contributed by atoms with E-state index in [1.807, 2.05) is 25.1 Å². The van der Waals surface area contributed by atoms with Crippen LogP contribution in [0.1, 0.15) is 50.5 Å². The second-order valence-electron chi connectivity index (χ2n) is 7.39. The van der Waals surface area contributed by atoms with Gasteiger partial charge in [0.15, 0.2) is 0 Å². The zero-order valence-corrected chi connectivity index (χ0v) is 20.2. The molecule has 0 unspecified atom stereocenters. The zero-order valence-electron chi connectivity index (χ0n) is 20.2. The van der Waals surface area contributed by atoms with Crippen LogP contribution < -0.4 is 5.73 Å². The van der Waals surface area contributed by atoms with Crippen molar-refractivity contribution in [2.75, 3.05) is 26.7 Å². The molecule has 0 atom stereocenters. The largest absolute Gasteiger partial charge is 0.508 e. The lowest BCUT2D eigenvalue weighted by Gasteiger charge is -2.14. The Kier molecular flexibility index (Phi) is 21.8. The van der Waals surface area contributed by atoms with Crippen LogP contribution in [0.3, 0.4) is 0 Å². The molecule has 1 saturated heterocycles. The third-order valence-electron chi connectivity index (χ3n) is 4.59. The van der Waals surface area contributed by atoms with Crippen LogP contribution in [0, 0.1) is 6.92 Å². The van der Waals surface area contributed by atoms with Gasteiger partial charge in [0.05, 0.1) is 0 Å². The summed E-state index contributed by atoms with van der Waals surface area (Å²) in [5, 5.41) is 25.1. The number of phenols is 1. The number of aldehydes is 1. The average Bonchev–Trinajstić information content (AvgIpc) is 3.31. The standard InChI is InChI=1S/C13H21NO.C7H8O.C5H9NO2.CH4O/c1-3-7-13(12(2)15)8-6-11-14-9-4-5-10-14;1-6-2-4-7(8)5-3-6;6-5(8)3-1-2-4-7;1-2/h3,7,15H,1-2,4-6,8-11H2;2-5,8H,1H3;4H,1-3H2,(H2,6,8);2H,1H3/b13-7-;;;. The first-order chi connectivity index (χ1) is 15.8. The molecule has 2 rings (SSSR count). The molecule has 1 aliphatic heterocycles.